The average Bonchev–Trinajstić information content (AvgIpc) is 3.06. The summed E-state index contributed by atoms with van der Waals surface area (Å²) < 4.78 is 32.4. The number of oxazole rings is 1. The van der Waals surface area contributed by atoms with E-state index in [9.17, 15) is 8.42 Å². The van der Waals surface area contributed by atoms with Gasteiger partial charge in [0, 0.05) is 11.4 Å². The largest absolute Gasteiger partial charge is 0.445 e. The minimum absolute atomic E-state index is 0.0531. The maximum Gasteiger partial charge on any atom is 0.250 e. The summed E-state index contributed by atoms with van der Waals surface area (Å²) in [6.07, 6.45) is 2.61. The maximum atomic E-state index is 12.2. The van der Waals surface area contributed by atoms with Gasteiger partial charge in [0.2, 0.25) is 5.89 Å². The highest BCUT2D eigenvalue weighted by Gasteiger charge is 2.17. The molecule has 0 aliphatic heterocycles. The maximum absolute atomic E-state index is 12.2. The van der Waals surface area contributed by atoms with E-state index in [1.165, 1.54) is 11.3 Å². The van der Waals surface area contributed by atoms with Crippen molar-refractivity contribution in [2.45, 2.75) is 37.6 Å². The van der Waals surface area contributed by atoms with Gasteiger partial charge in [-0.1, -0.05) is 6.92 Å². The van der Waals surface area contributed by atoms with Crippen molar-refractivity contribution in [3.8, 4) is 0 Å². The predicted molar refractivity (Wildman–Crippen MR) is 81.6 cm³/mol. The van der Waals surface area contributed by atoms with Crippen LogP contribution in [-0.2, 0) is 23.1 Å². The molecule has 0 saturated heterocycles. The molecule has 6 nitrogen and oxygen atoms in total. The fourth-order valence-corrected chi connectivity index (χ4v) is 4.04. The van der Waals surface area contributed by atoms with Crippen molar-refractivity contribution in [3.63, 3.8) is 0 Å². The zero-order valence-electron chi connectivity index (χ0n) is 12.0. The number of nitrogens with zero attached hydrogens (tertiary/aromatic N) is 1. The highest BCUT2D eigenvalue weighted by molar-refractivity contribution is 7.91. The molecule has 2 rings (SSSR count). The second-order valence-corrected chi connectivity index (χ2v) is 7.75. The van der Waals surface area contributed by atoms with Crippen LogP contribution < -0.4 is 10.0 Å². The molecule has 0 aromatic carbocycles. The van der Waals surface area contributed by atoms with Crippen molar-refractivity contribution in [1.29, 1.82) is 0 Å². The fraction of sp³-hybridized carbons (Fsp3) is 0.462. The molecule has 0 aliphatic rings. The van der Waals surface area contributed by atoms with Crippen LogP contribution in [0.3, 0.4) is 0 Å². The molecule has 0 fully saturated rings. The van der Waals surface area contributed by atoms with Gasteiger partial charge in [-0.2, -0.15) is 0 Å². The molecule has 2 aromatic rings. The molecule has 0 amide bonds. The Morgan fingerprint density at radius 2 is 2.14 bits per heavy atom. The van der Waals surface area contributed by atoms with E-state index >= 15 is 0 Å². The molecule has 2 heterocycles. The summed E-state index contributed by atoms with van der Waals surface area (Å²) in [5, 5.41) is 3.25. The number of sulfonamides is 1. The van der Waals surface area contributed by atoms with Gasteiger partial charge in [-0.05, 0) is 32.0 Å². The van der Waals surface area contributed by atoms with Gasteiger partial charge in [-0.3, -0.25) is 0 Å². The Balaban J connectivity index is 1.95. The van der Waals surface area contributed by atoms with Gasteiger partial charge in [0.05, 0.1) is 12.7 Å². The average molecular weight is 329 g/mol. The molecule has 0 saturated carbocycles. The lowest BCUT2D eigenvalue weighted by atomic mass is 10.4. The summed E-state index contributed by atoms with van der Waals surface area (Å²) in [5.41, 5.74) is 0. The highest BCUT2D eigenvalue weighted by Crippen LogP contribution is 2.21. The van der Waals surface area contributed by atoms with E-state index in [0.717, 1.165) is 17.8 Å². The topological polar surface area (TPSA) is 84.2 Å². The Hall–Kier alpha value is -1.22. The fourth-order valence-electron chi connectivity index (χ4n) is 1.70. The van der Waals surface area contributed by atoms with Crippen LogP contribution in [0.2, 0.25) is 0 Å². The number of hydrogen-bond acceptors (Lipinski definition) is 6. The lowest BCUT2D eigenvalue weighted by molar-refractivity contribution is 0.463. The minimum Gasteiger partial charge on any atom is -0.445 e. The van der Waals surface area contributed by atoms with Gasteiger partial charge < -0.3 is 9.73 Å². The quantitative estimate of drug-likeness (QED) is 0.724. The van der Waals surface area contributed by atoms with Gasteiger partial charge in [0.1, 0.15) is 9.97 Å². The minimum atomic E-state index is -3.52. The van der Waals surface area contributed by atoms with Crippen LogP contribution in [0.5, 0.6) is 0 Å². The lowest BCUT2D eigenvalue weighted by Crippen LogP contribution is -2.22. The van der Waals surface area contributed by atoms with Gasteiger partial charge in [-0.15, -0.1) is 11.3 Å². The first-order valence-electron chi connectivity index (χ1n) is 6.71. The summed E-state index contributed by atoms with van der Waals surface area (Å²) in [5.74, 6) is 1.02. The second kappa shape index (κ2) is 7.17. The molecule has 116 valence electrons. The lowest BCUT2D eigenvalue weighted by Gasteiger charge is -2.02. The molecule has 0 spiro atoms. The number of aryl methyl sites for hydroxylation is 1. The normalized spacial score (nSPS) is 11.9. The van der Waals surface area contributed by atoms with Crippen LogP contribution in [0.15, 0.2) is 27.0 Å². The van der Waals surface area contributed by atoms with Crippen LogP contribution in [-0.4, -0.2) is 19.9 Å². The van der Waals surface area contributed by atoms with Crippen molar-refractivity contribution in [3.05, 3.63) is 34.9 Å². The second-order valence-electron chi connectivity index (χ2n) is 4.59. The smallest absolute Gasteiger partial charge is 0.250 e. The molecule has 0 aliphatic carbocycles. The first kappa shape index (κ1) is 16.2. The molecule has 21 heavy (non-hydrogen) atoms. The van der Waals surface area contributed by atoms with E-state index < -0.39 is 10.0 Å². The van der Waals surface area contributed by atoms with Crippen molar-refractivity contribution < 1.29 is 12.8 Å². The number of nitrogens with one attached hydrogen (secondary N) is 2. The third-order valence-electron chi connectivity index (χ3n) is 2.71. The predicted octanol–water partition coefficient (Wildman–Crippen LogP) is 2.02. The number of thiophene rings is 1. The summed E-state index contributed by atoms with van der Waals surface area (Å²) in [7, 11) is -3.52. The van der Waals surface area contributed by atoms with Crippen LogP contribution in [0, 0.1) is 6.92 Å². The zero-order valence-corrected chi connectivity index (χ0v) is 13.7. The monoisotopic (exact) mass is 329 g/mol. The van der Waals surface area contributed by atoms with E-state index in [2.05, 4.69) is 21.9 Å². The Kier molecular flexibility index (Phi) is 5.51. The van der Waals surface area contributed by atoms with E-state index in [-0.39, 0.29) is 6.54 Å². The first-order valence-corrected chi connectivity index (χ1v) is 9.01. The van der Waals surface area contributed by atoms with Gasteiger partial charge >= 0.3 is 0 Å². The SMILES string of the molecule is CCCNCc1ccc(S(=O)(=O)NCc2ncc(C)o2)s1. The Morgan fingerprint density at radius 1 is 1.33 bits per heavy atom. The molecule has 2 N–H and O–H groups in total. The van der Waals surface area contributed by atoms with E-state index in [1.54, 1.807) is 19.2 Å². The van der Waals surface area contributed by atoms with Crippen LogP contribution in [0.4, 0.5) is 0 Å². The molecule has 8 heteroatoms. The van der Waals surface area contributed by atoms with Crippen LogP contribution in [0.25, 0.3) is 0 Å². The van der Waals surface area contributed by atoms with E-state index in [1.807, 2.05) is 6.07 Å². The number of aromatic nitrogens is 1. The van der Waals surface area contributed by atoms with Crippen LogP contribution in [0.1, 0.15) is 29.9 Å². The standard InChI is InChI=1S/C13H19N3O3S2/c1-3-6-14-8-11-4-5-13(20-11)21(17,18)16-9-12-15-7-10(2)19-12/h4-5,7,14,16H,3,6,8-9H2,1-2H3. The Morgan fingerprint density at radius 3 is 2.81 bits per heavy atom. The Bertz CT molecular complexity index is 676. The van der Waals surface area contributed by atoms with Crippen molar-refractivity contribution in [2.75, 3.05) is 6.54 Å². The third kappa shape index (κ3) is 4.63. The number of hydrogen-bond donors (Lipinski definition) is 2. The summed E-state index contributed by atoms with van der Waals surface area (Å²) >= 11 is 1.27. The van der Waals surface area contributed by atoms with Crippen molar-refractivity contribution >= 4 is 21.4 Å². The molecule has 0 unspecified atom stereocenters. The molecular weight excluding hydrogens is 310 g/mol. The highest BCUT2D eigenvalue weighted by atomic mass is 32.2. The molecule has 0 radical (unpaired) electrons. The first-order chi connectivity index (χ1) is 10.0. The van der Waals surface area contributed by atoms with Crippen LogP contribution >= 0.6 is 11.3 Å². The zero-order chi connectivity index (χ0) is 15.3. The van der Waals surface area contributed by atoms with Gasteiger partial charge in [0.25, 0.3) is 10.0 Å². The molecule has 0 bridgehead atoms. The third-order valence-corrected chi connectivity index (χ3v) is 5.69. The molecule has 2 aromatic heterocycles. The Labute approximate surface area is 128 Å². The summed E-state index contributed by atoms with van der Waals surface area (Å²) in [6.45, 7) is 5.51. The summed E-state index contributed by atoms with van der Waals surface area (Å²) in [4.78, 5) is 4.96. The van der Waals surface area contributed by atoms with Crippen molar-refractivity contribution in [2.24, 2.45) is 0 Å². The van der Waals surface area contributed by atoms with Gasteiger partial charge in [0.15, 0.2) is 0 Å². The number of rotatable bonds is 8. The summed E-state index contributed by atoms with van der Waals surface area (Å²) in [6, 6.07) is 3.45. The van der Waals surface area contributed by atoms with Crippen molar-refractivity contribution in [1.82, 2.24) is 15.0 Å². The van der Waals surface area contributed by atoms with E-state index in [4.69, 9.17) is 4.42 Å². The van der Waals surface area contributed by atoms with E-state index in [0.29, 0.717) is 22.4 Å². The van der Waals surface area contributed by atoms with Gasteiger partial charge in [-0.25, -0.2) is 18.1 Å². The molecule has 0 atom stereocenters. The molecular formula is C13H19N3O3S2.